The first-order valence-electron chi connectivity index (χ1n) is 6.41. The summed E-state index contributed by atoms with van der Waals surface area (Å²) in [6.45, 7) is 3.99. The van der Waals surface area contributed by atoms with E-state index in [1.807, 2.05) is 26.0 Å². The molecule has 0 saturated heterocycles. The smallest absolute Gasteiger partial charge is 0.265 e. The quantitative estimate of drug-likeness (QED) is 0.789. The van der Waals surface area contributed by atoms with Crippen LogP contribution in [0.3, 0.4) is 0 Å². The molecule has 0 amide bonds. The second-order valence-electron chi connectivity index (χ2n) is 4.48. The number of aromatic nitrogens is 4. The molecule has 3 aromatic heterocycles. The van der Waals surface area contributed by atoms with Crippen molar-refractivity contribution in [1.29, 1.82) is 0 Å². The van der Waals surface area contributed by atoms with Crippen LogP contribution in [0.4, 0.5) is 5.82 Å². The lowest BCUT2D eigenvalue weighted by Gasteiger charge is -2.10. The molecule has 20 heavy (non-hydrogen) atoms. The summed E-state index contributed by atoms with van der Waals surface area (Å²) >= 11 is 0. The normalized spacial score (nSPS) is 10.9. The van der Waals surface area contributed by atoms with Gasteiger partial charge in [-0.05, 0) is 25.5 Å². The number of ether oxygens (including phenoxy) is 1. The summed E-state index contributed by atoms with van der Waals surface area (Å²) in [5.41, 5.74) is 8.25. The lowest BCUT2D eigenvalue weighted by atomic mass is 10.2. The Bertz CT molecular complexity index is 765. The summed E-state index contributed by atoms with van der Waals surface area (Å²) in [5.74, 6) is 1.44. The van der Waals surface area contributed by atoms with Crippen LogP contribution in [-0.2, 0) is 6.42 Å². The molecular formula is C14H15N5O. The first kappa shape index (κ1) is 12.4. The van der Waals surface area contributed by atoms with Gasteiger partial charge in [-0.1, -0.05) is 6.92 Å². The summed E-state index contributed by atoms with van der Waals surface area (Å²) in [5, 5.41) is 0. The third-order valence-corrected chi connectivity index (χ3v) is 2.98. The molecule has 6 nitrogen and oxygen atoms in total. The molecule has 102 valence electrons. The highest BCUT2D eigenvalue weighted by Crippen LogP contribution is 2.27. The highest BCUT2D eigenvalue weighted by Gasteiger charge is 2.11. The molecule has 0 aliphatic carbocycles. The maximum atomic E-state index is 5.87. The van der Waals surface area contributed by atoms with Crippen molar-refractivity contribution in [1.82, 2.24) is 19.4 Å². The van der Waals surface area contributed by atoms with Gasteiger partial charge in [0.1, 0.15) is 5.82 Å². The molecule has 2 N–H and O–H groups in total. The Balaban J connectivity index is 2.07. The van der Waals surface area contributed by atoms with Gasteiger partial charge in [-0.25, -0.2) is 4.98 Å². The average Bonchev–Trinajstić information content (AvgIpc) is 2.88. The van der Waals surface area contributed by atoms with Crippen LogP contribution >= 0.6 is 0 Å². The number of nitrogens with zero attached hydrogens (tertiary/aromatic N) is 4. The van der Waals surface area contributed by atoms with E-state index in [9.17, 15) is 0 Å². The van der Waals surface area contributed by atoms with Crippen molar-refractivity contribution in [3.63, 3.8) is 0 Å². The number of hydrogen-bond donors (Lipinski definition) is 1. The molecule has 0 aliphatic heterocycles. The van der Waals surface area contributed by atoms with Gasteiger partial charge in [-0.3, -0.25) is 9.38 Å². The van der Waals surface area contributed by atoms with Crippen molar-refractivity contribution in [2.45, 2.75) is 20.3 Å². The van der Waals surface area contributed by atoms with Gasteiger partial charge in [0.15, 0.2) is 5.75 Å². The van der Waals surface area contributed by atoms with E-state index in [0.717, 1.165) is 17.8 Å². The fourth-order valence-electron chi connectivity index (χ4n) is 2.04. The van der Waals surface area contributed by atoms with Crippen LogP contribution in [0.25, 0.3) is 5.65 Å². The molecule has 0 aromatic carbocycles. The minimum absolute atomic E-state index is 0.378. The van der Waals surface area contributed by atoms with Crippen LogP contribution in [0.15, 0.2) is 30.7 Å². The van der Waals surface area contributed by atoms with E-state index in [0.29, 0.717) is 23.1 Å². The number of aryl methyl sites for hydroxylation is 2. The lowest BCUT2D eigenvalue weighted by Crippen LogP contribution is -2.01. The van der Waals surface area contributed by atoms with Gasteiger partial charge in [-0.15, -0.1) is 0 Å². The Morgan fingerprint density at radius 3 is 2.95 bits per heavy atom. The van der Waals surface area contributed by atoms with Gasteiger partial charge in [0, 0.05) is 18.1 Å². The number of hydrogen-bond acceptors (Lipinski definition) is 5. The van der Waals surface area contributed by atoms with Crippen LogP contribution in [0, 0.1) is 6.92 Å². The zero-order valence-electron chi connectivity index (χ0n) is 11.4. The molecule has 3 rings (SSSR count). The van der Waals surface area contributed by atoms with Gasteiger partial charge in [-0.2, -0.15) is 4.98 Å². The molecule has 0 saturated carbocycles. The first-order valence-corrected chi connectivity index (χ1v) is 6.41. The zero-order valence-corrected chi connectivity index (χ0v) is 11.4. The maximum Gasteiger partial charge on any atom is 0.265 e. The number of rotatable bonds is 3. The largest absolute Gasteiger partial charge is 0.434 e. The molecule has 0 unspecified atom stereocenters. The van der Waals surface area contributed by atoms with Crippen LogP contribution in [-0.4, -0.2) is 19.4 Å². The molecule has 0 aliphatic rings. The van der Waals surface area contributed by atoms with Crippen molar-refractivity contribution in [2.75, 3.05) is 5.73 Å². The molecule has 6 heteroatoms. The molecule has 3 heterocycles. The number of imidazole rings is 1. The number of fused-ring (bicyclic) bond motifs is 1. The summed E-state index contributed by atoms with van der Waals surface area (Å²) in [6.07, 6.45) is 5.96. The number of nitrogens with two attached hydrogens (primary N) is 1. The molecule has 0 bridgehead atoms. The monoisotopic (exact) mass is 269 g/mol. The standard InChI is InChI=1S/C14H15N5O/c1-3-10-11(5-4-9(2)17-10)20-14-13-16-6-7-19(13)8-12(15)18-14/h4-8H,3,15H2,1-2H3. The average molecular weight is 269 g/mol. The minimum atomic E-state index is 0.378. The van der Waals surface area contributed by atoms with Crippen LogP contribution < -0.4 is 10.5 Å². The third kappa shape index (κ3) is 2.16. The second kappa shape index (κ2) is 4.80. The Kier molecular flexibility index (Phi) is 2.98. The number of pyridine rings is 1. The molecule has 0 atom stereocenters. The van der Waals surface area contributed by atoms with Crippen LogP contribution in [0.1, 0.15) is 18.3 Å². The third-order valence-electron chi connectivity index (χ3n) is 2.98. The Morgan fingerprint density at radius 2 is 2.15 bits per heavy atom. The van der Waals surface area contributed by atoms with Gasteiger partial charge in [0.05, 0.1) is 11.9 Å². The van der Waals surface area contributed by atoms with Crippen molar-refractivity contribution in [3.8, 4) is 11.6 Å². The summed E-state index contributed by atoms with van der Waals surface area (Å²) in [6, 6.07) is 3.80. The molecular weight excluding hydrogens is 254 g/mol. The van der Waals surface area contributed by atoms with Crippen molar-refractivity contribution in [3.05, 3.63) is 42.1 Å². The first-order chi connectivity index (χ1) is 9.67. The lowest BCUT2D eigenvalue weighted by molar-refractivity contribution is 0.457. The predicted molar refractivity (Wildman–Crippen MR) is 75.8 cm³/mol. The zero-order chi connectivity index (χ0) is 14.1. The highest BCUT2D eigenvalue weighted by molar-refractivity contribution is 5.54. The second-order valence-corrected chi connectivity index (χ2v) is 4.48. The van der Waals surface area contributed by atoms with E-state index in [1.165, 1.54) is 0 Å². The minimum Gasteiger partial charge on any atom is -0.434 e. The summed E-state index contributed by atoms with van der Waals surface area (Å²) in [7, 11) is 0. The number of nitrogen functional groups attached to an aromatic ring is 1. The molecule has 0 spiro atoms. The molecule has 0 fully saturated rings. The fourth-order valence-corrected chi connectivity index (χ4v) is 2.04. The topological polar surface area (TPSA) is 78.3 Å². The van der Waals surface area contributed by atoms with E-state index in [-0.39, 0.29) is 0 Å². The molecule has 3 aromatic rings. The summed E-state index contributed by atoms with van der Waals surface area (Å²) in [4.78, 5) is 12.9. The van der Waals surface area contributed by atoms with E-state index < -0.39 is 0 Å². The van der Waals surface area contributed by atoms with Gasteiger partial charge in [0.25, 0.3) is 5.88 Å². The Labute approximate surface area is 116 Å². The van der Waals surface area contributed by atoms with E-state index in [4.69, 9.17) is 10.5 Å². The van der Waals surface area contributed by atoms with Crippen molar-refractivity contribution in [2.24, 2.45) is 0 Å². The fraction of sp³-hybridized carbons (Fsp3) is 0.214. The van der Waals surface area contributed by atoms with E-state index in [1.54, 1.807) is 23.0 Å². The predicted octanol–water partition coefficient (Wildman–Crippen LogP) is 2.37. The highest BCUT2D eigenvalue weighted by atomic mass is 16.5. The van der Waals surface area contributed by atoms with Gasteiger partial charge < -0.3 is 10.5 Å². The van der Waals surface area contributed by atoms with E-state index in [2.05, 4.69) is 15.0 Å². The van der Waals surface area contributed by atoms with Gasteiger partial charge >= 0.3 is 0 Å². The maximum absolute atomic E-state index is 5.87. The van der Waals surface area contributed by atoms with Gasteiger partial charge in [0.2, 0.25) is 5.65 Å². The number of anilines is 1. The van der Waals surface area contributed by atoms with E-state index >= 15 is 0 Å². The Morgan fingerprint density at radius 1 is 1.30 bits per heavy atom. The van der Waals surface area contributed by atoms with Crippen molar-refractivity contribution < 1.29 is 4.74 Å². The van der Waals surface area contributed by atoms with Crippen molar-refractivity contribution >= 4 is 11.5 Å². The van der Waals surface area contributed by atoms with Crippen LogP contribution in [0.5, 0.6) is 11.6 Å². The van der Waals surface area contributed by atoms with Crippen LogP contribution in [0.2, 0.25) is 0 Å². The molecule has 0 radical (unpaired) electrons. The summed E-state index contributed by atoms with van der Waals surface area (Å²) < 4.78 is 7.65. The SMILES string of the molecule is CCc1nc(C)ccc1Oc1nc(N)cn2ccnc12. The Hall–Kier alpha value is -2.63.